The first-order valence-corrected chi connectivity index (χ1v) is 29.8. The molecule has 0 saturated heterocycles. The first-order chi connectivity index (χ1) is 42.7. The molecule has 0 aliphatic rings. The van der Waals surface area contributed by atoms with Gasteiger partial charge in [0.2, 0.25) is 0 Å². The van der Waals surface area contributed by atoms with Gasteiger partial charge in [-0.1, -0.05) is 194 Å². The van der Waals surface area contributed by atoms with Crippen molar-refractivity contribution in [1.82, 2.24) is 18.3 Å². The van der Waals surface area contributed by atoms with Gasteiger partial charge >= 0.3 is 0 Å². The van der Waals surface area contributed by atoms with Crippen molar-refractivity contribution >= 4 is 130 Å². The number of benzene rings is 15. The number of aromatic nitrogens is 4. The molecule has 19 aromatic rings. The standard InChI is InChI=1S/C82H50N4/c1-5-23-53(24-6-1)83-73-41-19-15-33-65(73)79-75(83)45-43-59-67-47-52-50-70(64-38-22-36-62-58-32-14-18-40-72(58)86(82(62)64)56-29-11-4-12-30-56)78-60(44-46-76-80(78)66-34-16-20-42-74(66)84(76)54-25-7-2-8-26-54)68(52)48-51(67)49-69(77(59)79)63-37-21-35-61-57-31-13-17-39-71(57)85(81(61)63)55-27-9-3-10-28-55/h1-50H. The highest BCUT2D eigenvalue weighted by atomic mass is 15.0. The predicted molar refractivity (Wildman–Crippen MR) is 365 cm³/mol. The number of hydrogen-bond donors (Lipinski definition) is 0. The molecule has 0 spiro atoms. The topological polar surface area (TPSA) is 19.7 Å². The highest BCUT2D eigenvalue weighted by Gasteiger charge is 2.26. The Morgan fingerprint density at radius 1 is 0.163 bits per heavy atom. The summed E-state index contributed by atoms with van der Waals surface area (Å²) in [6, 6.07) is 113. The van der Waals surface area contributed by atoms with Crippen molar-refractivity contribution in [3.63, 3.8) is 0 Å². The van der Waals surface area contributed by atoms with Gasteiger partial charge in [-0.2, -0.15) is 0 Å². The van der Waals surface area contributed by atoms with Gasteiger partial charge in [-0.05, 0) is 153 Å². The fraction of sp³-hybridized carbons (Fsp3) is 0. The second kappa shape index (κ2) is 18.0. The van der Waals surface area contributed by atoms with Crippen LogP contribution in [0.25, 0.3) is 175 Å². The van der Waals surface area contributed by atoms with Gasteiger partial charge in [0.05, 0.1) is 44.1 Å². The maximum absolute atomic E-state index is 2.53. The summed E-state index contributed by atoms with van der Waals surface area (Å²) in [6.45, 7) is 0. The van der Waals surface area contributed by atoms with Crippen molar-refractivity contribution in [1.29, 1.82) is 0 Å². The molecule has 0 atom stereocenters. The van der Waals surface area contributed by atoms with Gasteiger partial charge in [0.1, 0.15) is 0 Å². The van der Waals surface area contributed by atoms with Gasteiger partial charge in [-0.3, -0.25) is 0 Å². The fourth-order valence-corrected chi connectivity index (χ4v) is 15.2. The Balaban J connectivity index is 1.01. The van der Waals surface area contributed by atoms with Crippen molar-refractivity contribution in [2.45, 2.75) is 0 Å². The minimum atomic E-state index is 1.13. The molecule has 0 amide bonds. The molecule has 0 aliphatic carbocycles. The third-order valence-corrected chi connectivity index (χ3v) is 18.6. The van der Waals surface area contributed by atoms with Gasteiger partial charge in [0.25, 0.3) is 0 Å². The molecule has 398 valence electrons. The van der Waals surface area contributed by atoms with Crippen LogP contribution in [0.5, 0.6) is 0 Å². The average molecular weight is 1090 g/mol. The van der Waals surface area contributed by atoms with Crippen LogP contribution >= 0.6 is 0 Å². The molecule has 0 aliphatic heterocycles. The van der Waals surface area contributed by atoms with E-state index in [2.05, 4.69) is 322 Å². The Labute approximate surface area is 494 Å². The van der Waals surface area contributed by atoms with E-state index < -0.39 is 0 Å². The molecule has 15 aromatic carbocycles. The molecule has 4 heteroatoms. The highest BCUT2D eigenvalue weighted by Crippen LogP contribution is 2.51. The summed E-state index contributed by atoms with van der Waals surface area (Å²) >= 11 is 0. The van der Waals surface area contributed by atoms with Crippen molar-refractivity contribution < 1.29 is 0 Å². The normalized spacial score (nSPS) is 12.2. The number of nitrogens with zero attached hydrogens (tertiary/aromatic N) is 4. The minimum Gasteiger partial charge on any atom is -0.309 e. The molecular weight excluding hydrogens is 1040 g/mol. The summed E-state index contributed by atoms with van der Waals surface area (Å²) < 4.78 is 9.91. The number of hydrogen-bond acceptors (Lipinski definition) is 0. The van der Waals surface area contributed by atoms with Gasteiger partial charge in [0.15, 0.2) is 0 Å². The van der Waals surface area contributed by atoms with Crippen molar-refractivity contribution in [2.75, 3.05) is 0 Å². The molecule has 4 nitrogen and oxygen atoms in total. The second-order valence-corrected chi connectivity index (χ2v) is 23.1. The molecular formula is C82H50N4. The maximum Gasteiger partial charge on any atom is 0.0619 e. The van der Waals surface area contributed by atoms with Crippen molar-refractivity contribution in [3.05, 3.63) is 303 Å². The smallest absolute Gasteiger partial charge is 0.0619 e. The van der Waals surface area contributed by atoms with E-state index in [1.54, 1.807) is 0 Å². The molecule has 0 saturated carbocycles. The molecule has 4 aromatic heterocycles. The fourth-order valence-electron chi connectivity index (χ4n) is 15.2. The third kappa shape index (κ3) is 6.52. The van der Waals surface area contributed by atoms with Gasteiger partial charge in [0, 0.05) is 87.7 Å². The summed E-state index contributed by atoms with van der Waals surface area (Å²) in [5, 5.41) is 19.6. The van der Waals surface area contributed by atoms with E-state index in [9.17, 15) is 0 Å². The Hall–Kier alpha value is -11.5. The lowest BCUT2D eigenvalue weighted by Gasteiger charge is -2.19. The Bertz CT molecular complexity index is 5670. The molecule has 0 bridgehead atoms. The first-order valence-electron chi connectivity index (χ1n) is 29.8. The highest BCUT2D eigenvalue weighted by molar-refractivity contribution is 6.35. The van der Waals surface area contributed by atoms with Gasteiger partial charge in [-0.15, -0.1) is 0 Å². The zero-order valence-corrected chi connectivity index (χ0v) is 46.7. The van der Waals surface area contributed by atoms with E-state index >= 15 is 0 Å². The van der Waals surface area contributed by atoms with Crippen molar-refractivity contribution in [3.8, 4) is 45.0 Å². The molecule has 4 heterocycles. The van der Waals surface area contributed by atoms with Crippen LogP contribution in [-0.2, 0) is 0 Å². The van der Waals surface area contributed by atoms with Gasteiger partial charge < -0.3 is 18.3 Å². The minimum absolute atomic E-state index is 1.13. The third-order valence-electron chi connectivity index (χ3n) is 18.6. The number of para-hydroxylation sites is 10. The Morgan fingerprint density at radius 3 is 0.860 bits per heavy atom. The van der Waals surface area contributed by atoms with Crippen molar-refractivity contribution in [2.24, 2.45) is 0 Å². The van der Waals surface area contributed by atoms with E-state index in [-0.39, 0.29) is 0 Å². The molecule has 0 radical (unpaired) electrons. The summed E-state index contributed by atoms with van der Waals surface area (Å²) in [6.07, 6.45) is 0. The number of rotatable bonds is 6. The quantitative estimate of drug-likeness (QED) is 0.117. The monoisotopic (exact) mass is 1090 g/mol. The van der Waals surface area contributed by atoms with Crippen LogP contribution in [0.4, 0.5) is 0 Å². The van der Waals surface area contributed by atoms with Gasteiger partial charge in [-0.25, -0.2) is 0 Å². The van der Waals surface area contributed by atoms with E-state index in [1.165, 1.54) is 153 Å². The van der Waals surface area contributed by atoms with E-state index in [0.717, 1.165) is 22.7 Å². The lowest BCUT2D eigenvalue weighted by atomic mass is 9.86. The van der Waals surface area contributed by atoms with Crippen LogP contribution in [0.2, 0.25) is 0 Å². The lowest BCUT2D eigenvalue weighted by molar-refractivity contribution is 1.18. The van der Waals surface area contributed by atoms with Crippen LogP contribution in [0.1, 0.15) is 0 Å². The molecule has 19 rings (SSSR count). The summed E-state index contributed by atoms with van der Waals surface area (Å²) in [4.78, 5) is 0. The van der Waals surface area contributed by atoms with E-state index in [0.29, 0.717) is 0 Å². The molecule has 0 fully saturated rings. The van der Waals surface area contributed by atoms with Crippen LogP contribution in [0, 0.1) is 0 Å². The Kier molecular flexibility index (Phi) is 9.86. The van der Waals surface area contributed by atoms with E-state index in [1.807, 2.05) is 0 Å². The maximum atomic E-state index is 2.53. The van der Waals surface area contributed by atoms with Crippen LogP contribution < -0.4 is 0 Å². The predicted octanol–water partition coefficient (Wildman–Crippen LogP) is 22.0. The summed E-state index contributed by atoms with van der Waals surface area (Å²) in [5.41, 5.74) is 18.8. The van der Waals surface area contributed by atoms with Crippen LogP contribution in [-0.4, -0.2) is 18.3 Å². The zero-order chi connectivity index (χ0) is 56.1. The molecule has 0 unspecified atom stereocenters. The zero-order valence-electron chi connectivity index (χ0n) is 46.7. The van der Waals surface area contributed by atoms with E-state index in [4.69, 9.17) is 0 Å². The van der Waals surface area contributed by atoms with Crippen LogP contribution in [0.15, 0.2) is 303 Å². The first kappa shape index (κ1) is 47.1. The summed E-state index contributed by atoms with van der Waals surface area (Å²) in [7, 11) is 0. The average Bonchev–Trinajstić information content (AvgIpc) is 1.49. The largest absolute Gasteiger partial charge is 0.309 e. The summed E-state index contributed by atoms with van der Waals surface area (Å²) in [5.74, 6) is 0. The SMILES string of the molecule is c1ccc(-n2c3ccccc3c3c4c(-c5cccc6c7ccccc7n(-c7ccccc7)c56)cc5cc6c(cc(-c7cccc8c9ccccc9n(-c9ccccc9)c78)c7c6ccc6c7c7ccccc7n6-c6ccccc6)cc5c4ccc32)cc1. The molecule has 86 heavy (non-hydrogen) atoms. The molecule has 0 N–H and O–H groups in total. The number of fused-ring (bicyclic) bond motifs is 20. The lowest BCUT2D eigenvalue weighted by Crippen LogP contribution is -1.97. The Morgan fingerprint density at radius 2 is 0.477 bits per heavy atom. The van der Waals surface area contributed by atoms with Crippen LogP contribution in [0.3, 0.4) is 0 Å². The second-order valence-electron chi connectivity index (χ2n) is 23.1.